The molecule has 25 heavy (non-hydrogen) atoms. The van der Waals surface area contributed by atoms with Gasteiger partial charge >= 0.3 is 0 Å². The van der Waals surface area contributed by atoms with Gasteiger partial charge in [0.25, 0.3) is 5.91 Å². The lowest BCUT2D eigenvalue weighted by atomic mass is 10.0. The van der Waals surface area contributed by atoms with Gasteiger partial charge in [0, 0.05) is 12.1 Å². The van der Waals surface area contributed by atoms with Crippen molar-refractivity contribution in [2.75, 3.05) is 6.54 Å². The van der Waals surface area contributed by atoms with Gasteiger partial charge in [-0.2, -0.15) is 0 Å². The number of amides is 1. The largest absolute Gasteiger partial charge is 0.381 e. The van der Waals surface area contributed by atoms with Gasteiger partial charge in [-0.25, -0.2) is 8.78 Å². The Bertz CT molecular complexity index is 825. The predicted octanol–water partition coefficient (Wildman–Crippen LogP) is 3.70. The number of hydrogen-bond donors (Lipinski definition) is 1. The molecule has 5 heteroatoms. The van der Waals surface area contributed by atoms with Gasteiger partial charge in [-0.05, 0) is 43.2 Å². The number of hydrogen-bond acceptors (Lipinski definition) is 2. The summed E-state index contributed by atoms with van der Waals surface area (Å²) in [6.07, 6.45) is 1.75. The van der Waals surface area contributed by atoms with E-state index in [4.69, 9.17) is 0 Å². The van der Waals surface area contributed by atoms with Crippen LogP contribution in [0.15, 0.2) is 54.6 Å². The molecule has 3 rings (SSSR count). The number of nitrogens with zero attached hydrogens (tertiary/aromatic N) is 1. The SMILES string of the molecule is CC(C)(O)C(=O)N1CC(c2cc(F)ccc2F)=CC1c1ccccc1. The molecular weight excluding hydrogens is 324 g/mol. The van der Waals surface area contributed by atoms with Gasteiger partial charge in [-0.15, -0.1) is 0 Å². The van der Waals surface area contributed by atoms with Crippen LogP contribution in [0.2, 0.25) is 0 Å². The maximum atomic E-state index is 14.2. The molecule has 130 valence electrons. The Morgan fingerprint density at radius 2 is 1.84 bits per heavy atom. The summed E-state index contributed by atoms with van der Waals surface area (Å²) >= 11 is 0. The van der Waals surface area contributed by atoms with Crippen molar-refractivity contribution in [1.29, 1.82) is 0 Å². The van der Waals surface area contributed by atoms with Gasteiger partial charge in [0.1, 0.15) is 17.2 Å². The normalized spacial score (nSPS) is 17.6. The van der Waals surface area contributed by atoms with Crippen LogP contribution in [0.25, 0.3) is 5.57 Å². The number of rotatable bonds is 3. The summed E-state index contributed by atoms with van der Waals surface area (Å²) in [6.45, 7) is 2.93. The van der Waals surface area contributed by atoms with Crippen molar-refractivity contribution in [2.24, 2.45) is 0 Å². The van der Waals surface area contributed by atoms with E-state index < -0.39 is 29.2 Å². The van der Waals surface area contributed by atoms with Crippen LogP contribution in [0.3, 0.4) is 0 Å². The fourth-order valence-corrected chi connectivity index (χ4v) is 3.01. The van der Waals surface area contributed by atoms with Crippen LogP contribution in [0, 0.1) is 11.6 Å². The van der Waals surface area contributed by atoms with Crippen molar-refractivity contribution < 1.29 is 18.7 Å². The molecule has 1 unspecified atom stereocenters. The fourth-order valence-electron chi connectivity index (χ4n) is 3.01. The lowest BCUT2D eigenvalue weighted by Gasteiger charge is -2.30. The highest BCUT2D eigenvalue weighted by molar-refractivity contribution is 5.88. The van der Waals surface area contributed by atoms with E-state index >= 15 is 0 Å². The summed E-state index contributed by atoms with van der Waals surface area (Å²) in [6, 6.07) is 12.1. The first-order valence-corrected chi connectivity index (χ1v) is 8.02. The summed E-state index contributed by atoms with van der Waals surface area (Å²) in [5.41, 5.74) is -0.0704. The minimum absolute atomic E-state index is 0.1000. The Balaban J connectivity index is 2.05. The Hall–Kier alpha value is -2.53. The highest BCUT2D eigenvalue weighted by Crippen LogP contribution is 2.36. The zero-order valence-electron chi connectivity index (χ0n) is 14.0. The summed E-state index contributed by atoms with van der Waals surface area (Å²) in [7, 11) is 0. The molecule has 0 bridgehead atoms. The van der Waals surface area contributed by atoms with Crippen LogP contribution in [0.5, 0.6) is 0 Å². The topological polar surface area (TPSA) is 40.5 Å². The zero-order chi connectivity index (χ0) is 18.2. The first-order valence-electron chi connectivity index (χ1n) is 8.02. The molecule has 1 aliphatic rings. The van der Waals surface area contributed by atoms with Gasteiger partial charge in [-0.3, -0.25) is 4.79 Å². The Kier molecular flexibility index (Phi) is 4.43. The first kappa shape index (κ1) is 17.3. The van der Waals surface area contributed by atoms with Gasteiger partial charge in [0.15, 0.2) is 0 Å². The highest BCUT2D eigenvalue weighted by atomic mass is 19.1. The van der Waals surface area contributed by atoms with E-state index in [-0.39, 0.29) is 12.1 Å². The molecular formula is C20H19F2NO2. The first-order chi connectivity index (χ1) is 11.8. The van der Waals surface area contributed by atoms with E-state index in [1.54, 1.807) is 6.08 Å². The van der Waals surface area contributed by atoms with E-state index in [0.717, 1.165) is 23.8 Å². The molecule has 2 aromatic rings. The molecule has 3 nitrogen and oxygen atoms in total. The minimum atomic E-state index is -1.56. The van der Waals surface area contributed by atoms with Crippen molar-refractivity contribution in [3.63, 3.8) is 0 Å². The molecule has 1 N–H and O–H groups in total. The summed E-state index contributed by atoms with van der Waals surface area (Å²) in [4.78, 5) is 14.1. The maximum absolute atomic E-state index is 14.2. The summed E-state index contributed by atoms with van der Waals surface area (Å²) in [5.74, 6) is -1.55. The molecule has 1 aliphatic heterocycles. The zero-order valence-corrected chi connectivity index (χ0v) is 14.0. The number of aliphatic hydroxyl groups is 1. The summed E-state index contributed by atoms with van der Waals surface area (Å²) in [5, 5.41) is 10.1. The van der Waals surface area contributed by atoms with Crippen LogP contribution >= 0.6 is 0 Å². The van der Waals surface area contributed by atoms with Crippen LogP contribution in [-0.4, -0.2) is 28.1 Å². The number of halogens is 2. The molecule has 0 fully saturated rings. The molecule has 2 aromatic carbocycles. The van der Waals surface area contributed by atoms with Crippen molar-refractivity contribution in [1.82, 2.24) is 4.90 Å². The molecule has 0 aliphatic carbocycles. The Labute approximate surface area is 145 Å². The van der Waals surface area contributed by atoms with Gasteiger partial charge in [0.05, 0.1) is 6.04 Å². The fraction of sp³-hybridized carbons (Fsp3) is 0.250. The second kappa shape index (κ2) is 6.41. The molecule has 0 aromatic heterocycles. The van der Waals surface area contributed by atoms with Crippen molar-refractivity contribution in [2.45, 2.75) is 25.5 Å². The highest BCUT2D eigenvalue weighted by Gasteiger charge is 2.37. The molecule has 0 saturated carbocycles. The number of carbonyl (C=O) groups is 1. The molecule has 1 amide bonds. The average Bonchev–Trinajstić information content (AvgIpc) is 3.01. The lowest BCUT2D eigenvalue weighted by Crippen LogP contribution is -2.45. The third-order valence-electron chi connectivity index (χ3n) is 4.24. The molecule has 1 atom stereocenters. The van der Waals surface area contributed by atoms with E-state index in [9.17, 15) is 18.7 Å². The summed E-state index contributed by atoms with van der Waals surface area (Å²) < 4.78 is 27.7. The standard InChI is InChI=1S/C20H19F2NO2/c1-20(2,25)19(24)23-12-14(16-11-15(21)8-9-17(16)22)10-18(23)13-6-4-3-5-7-13/h3-11,18,25H,12H2,1-2H3. The van der Waals surface area contributed by atoms with Crippen LogP contribution < -0.4 is 0 Å². The second-order valence-corrected chi connectivity index (χ2v) is 6.66. The van der Waals surface area contributed by atoms with Gasteiger partial charge < -0.3 is 10.0 Å². The second-order valence-electron chi connectivity index (χ2n) is 6.66. The number of benzene rings is 2. The molecule has 0 spiro atoms. The minimum Gasteiger partial charge on any atom is -0.381 e. The van der Waals surface area contributed by atoms with Crippen LogP contribution in [0.4, 0.5) is 8.78 Å². The maximum Gasteiger partial charge on any atom is 0.255 e. The van der Waals surface area contributed by atoms with Crippen molar-refractivity contribution >= 4 is 11.5 Å². The van der Waals surface area contributed by atoms with E-state index in [1.807, 2.05) is 30.3 Å². The Morgan fingerprint density at radius 1 is 1.16 bits per heavy atom. The molecule has 0 saturated heterocycles. The van der Waals surface area contributed by atoms with E-state index in [0.29, 0.717) is 5.57 Å². The quantitative estimate of drug-likeness (QED) is 0.923. The Morgan fingerprint density at radius 3 is 2.48 bits per heavy atom. The number of carbonyl (C=O) groups excluding carboxylic acids is 1. The predicted molar refractivity (Wildman–Crippen MR) is 91.5 cm³/mol. The third-order valence-corrected chi connectivity index (χ3v) is 4.24. The van der Waals surface area contributed by atoms with Crippen LogP contribution in [-0.2, 0) is 4.79 Å². The van der Waals surface area contributed by atoms with Gasteiger partial charge in [-0.1, -0.05) is 36.4 Å². The molecule has 0 radical (unpaired) electrons. The average molecular weight is 343 g/mol. The smallest absolute Gasteiger partial charge is 0.255 e. The third kappa shape index (κ3) is 3.46. The van der Waals surface area contributed by atoms with E-state index in [2.05, 4.69) is 0 Å². The molecule has 1 heterocycles. The van der Waals surface area contributed by atoms with E-state index in [1.165, 1.54) is 18.7 Å². The monoisotopic (exact) mass is 343 g/mol. The lowest BCUT2D eigenvalue weighted by molar-refractivity contribution is -0.148. The van der Waals surface area contributed by atoms with Crippen molar-refractivity contribution in [3.8, 4) is 0 Å². The van der Waals surface area contributed by atoms with Crippen molar-refractivity contribution in [3.05, 3.63) is 77.4 Å². The van der Waals surface area contributed by atoms with Gasteiger partial charge in [0.2, 0.25) is 0 Å². The van der Waals surface area contributed by atoms with Crippen LogP contribution in [0.1, 0.15) is 31.0 Å².